The minimum atomic E-state index is -0.190. The van der Waals surface area contributed by atoms with Gasteiger partial charge in [-0.2, -0.15) is 0 Å². The fourth-order valence-corrected chi connectivity index (χ4v) is 3.48. The average Bonchev–Trinajstić information content (AvgIpc) is 2.72. The molecule has 0 bridgehead atoms. The molecule has 1 heterocycles. The first kappa shape index (κ1) is 20.3. The SMILES string of the molecule is COc1ccc(C(=O)CCN2CCN(Cc3cccc(F)c3)CC2)cc1OC. The molecule has 0 amide bonds. The fraction of sp³-hybridized carbons (Fsp3) is 0.409. The van der Waals surface area contributed by atoms with Crippen molar-refractivity contribution in [2.75, 3.05) is 46.9 Å². The largest absolute Gasteiger partial charge is 0.493 e. The molecule has 6 heteroatoms. The standard InChI is InChI=1S/C22H27FN2O3/c1-27-21-7-6-18(15-22(21)28-2)20(26)8-9-24-10-12-25(13-11-24)16-17-4-3-5-19(23)14-17/h3-7,14-15H,8-13,16H2,1-2H3. The summed E-state index contributed by atoms with van der Waals surface area (Å²) in [7, 11) is 3.14. The van der Waals surface area contributed by atoms with Crippen LogP contribution in [0.5, 0.6) is 11.5 Å². The highest BCUT2D eigenvalue weighted by Gasteiger charge is 2.18. The zero-order valence-corrected chi connectivity index (χ0v) is 16.5. The Labute approximate surface area is 165 Å². The van der Waals surface area contributed by atoms with Gasteiger partial charge in [-0.15, -0.1) is 0 Å². The maximum atomic E-state index is 13.3. The van der Waals surface area contributed by atoms with Gasteiger partial charge in [0.25, 0.3) is 0 Å². The van der Waals surface area contributed by atoms with E-state index < -0.39 is 0 Å². The maximum Gasteiger partial charge on any atom is 0.164 e. The van der Waals surface area contributed by atoms with E-state index in [2.05, 4.69) is 9.80 Å². The Hall–Kier alpha value is -2.44. The Morgan fingerprint density at radius 2 is 1.68 bits per heavy atom. The smallest absolute Gasteiger partial charge is 0.164 e. The summed E-state index contributed by atoms with van der Waals surface area (Å²) in [5, 5.41) is 0. The molecule has 0 N–H and O–H groups in total. The number of hydrogen-bond acceptors (Lipinski definition) is 5. The third kappa shape index (κ3) is 5.30. The summed E-state index contributed by atoms with van der Waals surface area (Å²) >= 11 is 0. The topological polar surface area (TPSA) is 42.0 Å². The minimum Gasteiger partial charge on any atom is -0.493 e. The van der Waals surface area contributed by atoms with Crippen molar-refractivity contribution in [3.63, 3.8) is 0 Å². The number of hydrogen-bond donors (Lipinski definition) is 0. The lowest BCUT2D eigenvalue weighted by molar-refractivity contribution is 0.0922. The van der Waals surface area contributed by atoms with Gasteiger partial charge < -0.3 is 14.4 Å². The first-order valence-electron chi connectivity index (χ1n) is 9.53. The van der Waals surface area contributed by atoms with Crippen molar-refractivity contribution in [1.82, 2.24) is 9.80 Å². The van der Waals surface area contributed by atoms with Crippen molar-refractivity contribution in [2.24, 2.45) is 0 Å². The number of halogens is 1. The van der Waals surface area contributed by atoms with Crippen LogP contribution in [0.4, 0.5) is 4.39 Å². The number of ether oxygens (including phenoxy) is 2. The van der Waals surface area contributed by atoms with Gasteiger partial charge in [0.15, 0.2) is 17.3 Å². The molecule has 150 valence electrons. The van der Waals surface area contributed by atoms with E-state index in [1.165, 1.54) is 6.07 Å². The van der Waals surface area contributed by atoms with E-state index in [0.717, 1.165) is 44.8 Å². The van der Waals surface area contributed by atoms with Crippen LogP contribution in [0.25, 0.3) is 0 Å². The quantitative estimate of drug-likeness (QED) is 0.652. The van der Waals surface area contributed by atoms with E-state index in [1.807, 2.05) is 6.07 Å². The number of carbonyl (C=O) groups excluding carboxylic acids is 1. The number of carbonyl (C=O) groups is 1. The van der Waals surface area contributed by atoms with E-state index in [9.17, 15) is 9.18 Å². The summed E-state index contributed by atoms with van der Waals surface area (Å²) in [4.78, 5) is 17.2. The van der Waals surface area contributed by atoms with E-state index in [1.54, 1.807) is 44.6 Å². The lowest BCUT2D eigenvalue weighted by atomic mass is 10.1. The summed E-state index contributed by atoms with van der Waals surface area (Å²) in [6.45, 7) is 5.16. The third-order valence-electron chi connectivity index (χ3n) is 5.12. The summed E-state index contributed by atoms with van der Waals surface area (Å²) in [5.41, 5.74) is 1.64. The molecule has 2 aromatic rings. The molecule has 0 spiro atoms. The Morgan fingerprint density at radius 1 is 0.964 bits per heavy atom. The Kier molecular flexibility index (Phi) is 7.01. The first-order valence-corrected chi connectivity index (χ1v) is 9.53. The second-order valence-corrected chi connectivity index (χ2v) is 6.99. The molecular formula is C22H27FN2O3. The summed E-state index contributed by atoms with van der Waals surface area (Å²) in [6, 6.07) is 12.0. The predicted molar refractivity (Wildman–Crippen MR) is 107 cm³/mol. The van der Waals surface area contributed by atoms with Crippen molar-refractivity contribution in [2.45, 2.75) is 13.0 Å². The number of piperazine rings is 1. The Bertz CT molecular complexity index is 804. The van der Waals surface area contributed by atoms with Crippen molar-refractivity contribution in [3.8, 4) is 11.5 Å². The number of benzene rings is 2. The van der Waals surface area contributed by atoms with Crippen molar-refractivity contribution < 1.29 is 18.7 Å². The van der Waals surface area contributed by atoms with Crippen molar-refractivity contribution in [3.05, 3.63) is 59.4 Å². The van der Waals surface area contributed by atoms with Crippen LogP contribution >= 0.6 is 0 Å². The van der Waals surface area contributed by atoms with Gasteiger partial charge in [-0.3, -0.25) is 9.69 Å². The molecule has 0 radical (unpaired) electrons. The molecule has 1 aliphatic rings. The van der Waals surface area contributed by atoms with Gasteiger partial charge >= 0.3 is 0 Å². The molecule has 5 nitrogen and oxygen atoms in total. The second-order valence-electron chi connectivity index (χ2n) is 6.99. The van der Waals surface area contributed by atoms with Crippen LogP contribution < -0.4 is 9.47 Å². The van der Waals surface area contributed by atoms with Crippen LogP contribution in [-0.4, -0.2) is 62.5 Å². The van der Waals surface area contributed by atoms with Gasteiger partial charge in [-0.1, -0.05) is 12.1 Å². The van der Waals surface area contributed by atoms with Gasteiger partial charge in [0.1, 0.15) is 5.82 Å². The first-order chi connectivity index (χ1) is 13.6. The van der Waals surface area contributed by atoms with Crippen LogP contribution in [0.1, 0.15) is 22.3 Å². The molecule has 0 atom stereocenters. The van der Waals surface area contributed by atoms with Crippen LogP contribution in [0, 0.1) is 5.82 Å². The number of Topliss-reactive ketones (excluding diaryl/α,β-unsaturated/α-hetero) is 1. The lowest BCUT2D eigenvalue weighted by Gasteiger charge is -2.34. The molecule has 0 saturated carbocycles. The second kappa shape index (κ2) is 9.66. The molecule has 28 heavy (non-hydrogen) atoms. The maximum absolute atomic E-state index is 13.3. The number of ketones is 1. The van der Waals surface area contributed by atoms with E-state index >= 15 is 0 Å². The molecular weight excluding hydrogens is 359 g/mol. The fourth-order valence-electron chi connectivity index (χ4n) is 3.48. The van der Waals surface area contributed by atoms with Crippen molar-refractivity contribution >= 4 is 5.78 Å². The Morgan fingerprint density at radius 3 is 2.36 bits per heavy atom. The molecule has 1 aliphatic heterocycles. The number of rotatable bonds is 8. The van der Waals surface area contributed by atoms with E-state index in [4.69, 9.17) is 9.47 Å². The summed E-state index contributed by atoms with van der Waals surface area (Å²) in [6.07, 6.45) is 0.472. The van der Waals surface area contributed by atoms with Crippen LogP contribution in [0.2, 0.25) is 0 Å². The van der Waals surface area contributed by atoms with Gasteiger partial charge in [0.2, 0.25) is 0 Å². The minimum absolute atomic E-state index is 0.100. The monoisotopic (exact) mass is 386 g/mol. The van der Waals surface area contributed by atoms with Crippen molar-refractivity contribution in [1.29, 1.82) is 0 Å². The highest BCUT2D eigenvalue weighted by atomic mass is 19.1. The van der Waals surface area contributed by atoms with Gasteiger partial charge in [-0.25, -0.2) is 4.39 Å². The normalized spacial score (nSPS) is 15.4. The highest BCUT2D eigenvalue weighted by molar-refractivity contribution is 5.96. The number of methoxy groups -OCH3 is 2. The zero-order valence-electron chi connectivity index (χ0n) is 16.5. The van der Waals surface area contributed by atoms with Gasteiger partial charge in [-0.05, 0) is 35.9 Å². The lowest BCUT2D eigenvalue weighted by Crippen LogP contribution is -2.46. The van der Waals surface area contributed by atoms with Crippen LogP contribution in [-0.2, 0) is 6.54 Å². The molecule has 3 rings (SSSR count). The van der Waals surface area contributed by atoms with Crippen LogP contribution in [0.15, 0.2) is 42.5 Å². The Balaban J connectivity index is 1.45. The number of nitrogens with zero attached hydrogens (tertiary/aromatic N) is 2. The molecule has 1 saturated heterocycles. The molecule has 0 aliphatic carbocycles. The van der Waals surface area contributed by atoms with Crippen LogP contribution in [0.3, 0.4) is 0 Å². The predicted octanol–water partition coefficient (Wildman–Crippen LogP) is 3.23. The van der Waals surface area contributed by atoms with Gasteiger partial charge in [0.05, 0.1) is 14.2 Å². The van der Waals surface area contributed by atoms with Gasteiger partial charge in [0, 0.05) is 51.3 Å². The average molecular weight is 386 g/mol. The summed E-state index contributed by atoms with van der Waals surface area (Å²) < 4.78 is 23.8. The molecule has 1 fully saturated rings. The van der Waals surface area contributed by atoms with E-state index in [0.29, 0.717) is 23.5 Å². The zero-order chi connectivity index (χ0) is 19.9. The highest BCUT2D eigenvalue weighted by Crippen LogP contribution is 2.28. The molecule has 0 aromatic heterocycles. The van der Waals surface area contributed by atoms with E-state index in [-0.39, 0.29) is 11.6 Å². The molecule has 0 unspecified atom stereocenters. The summed E-state index contributed by atoms with van der Waals surface area (Å²) in [5.74, 6) is 1.10. The third-order valence-corrected chi connectivity index (χ3v) is 5.12. The molecule has 2 aromatic carbocycles.